The Bertz CT molecular complexity index is 471. The number of hydrogen-bond donors (Lipinski definition) is 1. The number of likely N-dealkylation sites (tertiary alicyclic amines) is 2. The van der Waals surface area contributed by atoms with Crippen LogP contribution in [0.15, 0.2) is 22.5 Å². The van der Waals surface area contributed by atoms with Gasteiger partial charge < -0.3 is 10.6 Å². The van der Waals surface area contributed by atoms with E-state index in [-0.39, 0.29) is 24.0 Å². The van der Waals surface area contributed by atoms with Gasteiger partial charge >= 0.3 is 0 Å². The fraction of sp³-hybridized carbons (Fsp3) is 0.706. The maximum atomic E-state index is 6.17. The number of thiophene rings is 1. The van der Waals surface area contributed by atoms with Crippen molar-refractivity contribution in [2.24, 2.45) is 16.6 Å². The van der Waals surface area contributed by atoms with Crippen LogP contribution < -0.4 is 5.73 Å². The molecule has 1 unspecified atom stereocenters. The normalized spacial score (nSPS) is 23.6. The Hall–Kier alpha value is -0.340. The average molecular weight is 448 g/mol. The van der Waals surface area contributed by atoms with Crippen molar-refractivity contribution in [2.45, 2.75) is 38.6 Å². The monoisotopic (exact) mass is 448 g/mol. The molecule has 3 rings (SSSR count). The zero-order chi connectivity index (χ0) is 15.2. The molecule has 0 radical (unpaired) electrons. The van der Waals surface area contributed by atoms with Crippen LogP contribution in [-0.2, 0) is 6.54 Å². The molecule has 0 aromatic carbocycles. The fourth-order valence-electron chi connectivity index (χ4n) is 3.51. The first kappa shape index (κ1) is 19.0. The fourth-order valence-corrected chi connectivity index (χ4v) is 4.26. The number of guanidine groups is 1. The minimum Gasteiger partial charge on any atom is -0.370 e. The molecule has 2 saturated heterocycles. The number of aliphatic imine (C=N–C) groups is 1. The van der Waals surface area contributed by atoms with E-state index in [0.717, 1.165) is 38.7 Å². The molecule has 1 aromatic heterocycles. The standard InChI is InChI=1S/C17H28N4S.HI/c18-17(21-9-2-1-3-10-21)19-12-15-6-4-8-20(13-15)14-16-7-5-11-22-16;/h5,7,11,15H,1-4,6,8-10,12-14H2,(H2,18,19);1H. The van der Waals surface area contributed by atoms with Crippen molar-refractivity contribution in [1.82, 2.24) is 9.80 Å². The average Bonchev–Trinajstić information content (AvgIpc) is 3.07. The van der Waals surface area contributed by atoms with Gasteiger partial charge in [-0.15, -0.1) is 35.3 Å². The molecule has 0 aliphatic carbocycles. The van der Waals surface area contributed by atoms with Gasteiger partial charge in [0.05, 0.1) is 0 Å². The molecule has 2 aliphatic heterocycles. The van der Waals surface area contributed by atoms with Gasteiger partial charge in [0.1, 0.15) is 0 Å². The first-order chi connectivity index (χ1) is 10.8. The van der Waals surface area contributed by atoms with Gasteiger partial charge in [-0.25, -0.2) is 0 Å². The molecule has 0 bridgehead atoms. The van der Waals surface area contributed by atoms with Crippen LogP contribution in [0.4, 0.5) is 0 Å². The van der Waals surface area contributed by atoms with Crippen molar-refractivity contribution < 1.29 is 0 Å². The van der Waals surface area contributed by atoms with Crippen molar-refractivity contribution in [2.75, 3.05) is 32.7 Å². The number of halogens is 1. The van der Waals surface area contributed by atoms with Crippen molar-refractivity contribution >= 4 is 41.3 Å². The molecule has 4 nitrogen and oxygen atoms in total. The lowest BCUT2D eigenvalue weighted by Crippen LogP contribution is -2.41. The van der Waals surface area contributed by atoms with E-state index in [9.17, 15) is 0 Å². The second-order valence-electron chi connectivity index (χ2n) is 6.57. The lowest BCUT2D eigenvalue weighted by molar-refractivity contribution is 0.172. The van der Waals surface area contributed by atoms with E-state index in [4.69, 9.17) is 10.7 Å². The van der Waals surface area contributed by atoms with Gasteiger partial charge in [-0.1, -0.05) is 6.07 Å². The smallest absolute Gasteiger partial charge is 0.191 e. The third kappa shape index (κ3) is 5.90. The largest absolute Gasteiger partial charge is 0.370 e. The van der Waals surface area contributed by atoms with Crippen LogP contribution in [0.3, 0.4) is 0 Å². The number of hydrogen-bond acceptors (Lipinski definition) is 3. The highest BCUT2D eigenvalue weighted by Gasteiger charge is 2.20. The van der Waals surface area contributed by atoms with E-state index in [1.807, 2.05) is 11.3 Å². The highest BCUT2D eigenvalue weighted by Crippen LogP contribution is 2.20. The van der Waals surface area contributed by atoms with Crippen LogP contribution in [0.25, 0.3) is 0 Å². The lowest BCUT2D eigenvalue weighted by atomic mass is 9.98. The van der Waals surface area contributed by atoms with Crippen molar-refractivity contribution in [3.05, 3.63) is 22.4 Å². The van der Waals surface area contributed by atoms with E-state index in [1.165, 1.54) is 43.5 Å². The number of rotatable bonds is 4. The Morgan fingerprint density at radius 1 is 1.22 bits per heavy atom. The molecule has 130 valence electrons. The second kappa shape index (κ2) is 9.84. The summed E-state index contributed by atoms with van der Waals surface area (Å²) >= 11 is 1.86. The molecule has 1 atom stereocenters. The third-order valence-corrected chi connectivity index (χ3v) is 5.62. The van der Waals surface area contributed by atoms with E-state index >= 15 is 0 Å². The Balaban J connectivity index is 0.00000192. The molecular weight excluding hydrogens is 419 g/mol. The van der Waals surface area contributed by atoms with Gasteiger partial charge in [-0.05, 0) is 56.0 Å². The summed E-state index contributed by atoms with van der Waals surface area (Å²) in [6, 6.07) is 4.38. The molecule has 0 spiro atoms. The van der Waals surface area contributed by atoms with Gasteiger partial charge in [0.15, 0.2) is 5.96 Å². The van der Waals surface area contributed by atoms with Gasteiger partial charge in [0.25, 0.3) is 0 Å². The van der Waals surface area contributed by atoms with Crippen molar-refractivity contribution in [1.29, 1.82) is 0 Å². The number of nitrogens with two attached hydrogens (primary N) is 1. The minimum atomic E-state index is 0. The molecule has 2 aliphatic rings. The van der Waals surface area contributed by atoms with Crippen LogP contribution in [0.2, 0.25) is 0 Å². The SMILES string of the molecule is I.NC(=NCC1CCCN(Cc2cccs2)C1)N1CCCCC1. The molecule has 6 heteroatoms. The second-order valence-corrected chi connectivity index (χ2v) is 7.60. The first-order valence-electron chi connectivity index (χ1n) is 8.61. The Labute approximate surface area is 161 Å². The Morgan fingerprint density at radius 2 is 2.04 bits per heavy atom. The zero-order valence-corrected chi connectivity index (χ0v) is 17.0. The predicted molar refractivity (Wildman–Crippen MR) is 110 cm³/mol. The molecular formula is C17H29IN4S. The van der Waals surface area contributed by atoms with E-state index in [1.54, 1.807) is 0 Å². The topological polar surface area (TPSA) is 44.9 Å². The van der Waals surface area contributed by atoms with Crippen molar-refractivity contribution in [3.63, 3.8) is 0 Å². The summed E-state index contributed by atoms with van der Waals surface area (Å²) in [6.45, 7) is 6.55. The maximum Gasteiger partial charge on any atom is 0.191 e. The molecule has 2 fully saturated rings. The zero-order valence-electron chi connectivity index (χ0n) is 13.8. The van der Waals surface area contributed by atoms with Gasteiger partial charge in [0.2, 0.25) is 0 Å². The molecule has 0 amide bonds. The summed E-state index contributed by atoms with van der Waals surface area (Å²) in [5, 5.41) is 2.17. The molecule has 1 aromatic rings. The van der Waals surface area contributed by atoms with Crippen LogP contribution in [0.1, 0.15) is 37.0 Å². The molecule has 0 saturated carbocycles. The summed E-state index contributed by atoms with van der Waals surface area (Å²) < 4.78 is 0. The van der Waals surface area contributed by atoms with Crippen LogP contribution in [0, 0.1) is 5.92 Å². The van der Waals surface area contributed by atoms with Gasteiger partial charge in [-0.3, -0.25) is 9.89 Å². The quantitative estimate of drug-likeness (QED) is 0.437. The highest BCUT2D eigenvalue weighted by atomic mass is 127. The van der Waals surface area contributed by atoms with Crippen LogP contribution in [0.5, 0.6) is 0 Å². The summed E-state index contributed by atoms with van der Waals surface area (Å²) in [7, 11) is 0. The number of nitrogens with zero attached hydrogens (tertiary/aromatic N) is 3. The van der Waals surface area contributed by atoms with Crippen LogP contribution in [-0.4, -0.2) is 48.5 Å². The molecule has 2 N–H and O–H groups in total. The minimum absolute atomic E-state index is 0. The predicted octanol–water partition coefficient (Wildman–Crippen LogP) is 3.38. The highest BCUT2D eigenvalue weighted by molar-refractivity contribution is 14.0. The lowest BCUT2D eigenvalue weighted by Gasteiger charge is -2.32. The van der Waals surface area contributed by atoms with E-state index in [0.29, 0.717) is 5.92 Å². The Kier molecular flexibility index (Phi) is 8.12. The maximum absolute atomic E-state index is 6.17. The van der Waals surface area contributed by atoms with E-state index < -0.39 is 0 Å². The summed E-state index contributed by atoms with van der Waals surface area (Å²) in [4.78, 5) is 11.0. The number of piperidine rings is 2. The van der Waals surface area contributed by atoms with Crippen molar-refractivity contribution in [3.8, 4) is 0 Å². The van der Waals surface area contributed by atoms with E-state index in [2.05, 4.69) is 27.3 Å². The summed E-state index contributed by atoms with van der Waals surface area (Å²) in [5.41, 5.74) is 6.17. The summed E-state index contributed by atoms with van der Waals surface area (Å²) in [5.74, 6) is 1.44. The van der Waals surface area contributed by atoms with Gasteiger partial charge in [-0.2, -0.15) is 0 Å². The Morgan fingerprint density at radius 3 is 2.78 bits per heavy atom. The third-order valence-electron chi connectivity index (χ3n) is 4.75. The van der Waals surface area contributed by atoms with Gasteiger partial charge in [0, 0.05) is 37.6 Å². The van der Waals surface area contributed by atoms with Crippen LogP contribution >= 0.6 is 35.3 Å². The molecule has 3 heterocycles. The first-order valence-corrected chi connectivity index (χ1v) is 9.49. The summed E-state index contributed by atoms with van der Waals surface area (Å²) in [6.07, 6.45) is 6.43. The molecule has 23 heavy (non-hydrogen) atoms.